The van der Waals surface area contributed by atoms with Crippen molar-refractivity contribution in [3.63, 3.8) is 0 Å². The lowest BCUT2D eigenvalue weighted by molar-refractivity contribution is 0.224. The number of hydrogen-bond donors (Lipinski definition) is 0. The average molecular weight is 548 g/mol. The third kappa shape index (κ3) is 6.60. The molecule has 1 aliphatic heterocycles. The zero-order chi connectivity index (χ0) is 28.2. The van der Waals surface area contributed by atoms with E-state index in [9.17, 15) is 0 Å². The summed E-state index contributed by atoms with van der Waals surface area (Å²) in [7, 11) is -1.83. The first kappa shape index (κ1) is 28.0. The maximum Gasteiger partial charge on any atom is 0.191 e. The van der Waals surface area contributed by atoms with Crippen molar-refractivity contribution >= 4 is 25.4 Å². The fourth-order valence-electron chi connectivity index (χ4n) is 4.94. The second-order valence-electron chi connectivity index (χ2n) is 12.4. The monoisotopic (exact) mass is 547 g/mol. The van der Waals surface area contributed by atoms with Gasteiger partial charge in [0.2, 0.25) is 0 Å². The highest BCUT2D eigenvalue weighted by atomic mass is 28.4. The van der Waals surface area contributed by atoms with Gasteiger partial charge in [0, 0.05) is 36.7 Å². The van der Waals surface area contributed by atoms with Gasteiger partial charge in [0.25, 0.3) is 0 Å². The Balaban J connectivity index is 1.49. The van der Waals surface area contributed by atoms with Crippen molar-refractivity contribution in [2.24, 2.45) is 10.9 Å². The topological polar surface area (TPSA) is 37.7 Å². The van der Waals surface area contributed by atoms with E-state index in [4.69, 9.17) is 14.4 Å². The third-order valence-corrected chi connectivity index (χ3v) is 12.8. The molecule has 0 radical (unpaired) electrons. The molecule has 0 aliphatic carbocycles. The maximum absolute atomic E-state index is 6.68. The molecule has 0 bridgehead atoms. The molecule has 1 unspecified atom stereocenters. The Morgan fingerprint density at radius 3 is 2.05 bits per heavy atom. The number of fused-ring (bicyclic) bond motifs is 1. The van der Waals surface area contributed by atoms with E-state index in [1.807, 2.05) is 18.3 Å². The van der Waals surface area contributed by atoms with Gasteiger partial charge in [0.15, 0.2) is 8.32 Å². The largest absolute Gasteiger partial charge is 0.416 e. The van der Waals surface area contributed by atoms with E-state index in [-0.39, 0.29) is 5.04 Å². The molecule has 5 rings (SSSR count). The Labute approximate surface area is 240 Å². The van der Waals surface area contributed by atoms with E-state index >= 15 is 0 Å². The van der Waals surface area contributed by atoms with E-state index in [2.05, 4.69) is 124 Å². The molecule has 0 fully saturated rings. The summed E-state index contributed by atoms with van der Waals surface area (Å²) in [6.45, 7) is 14.1. The van der Waals surface area contributed by atoms with Crippen LogP contribution in [0.2, 0.25) is 18.1 Å². The van der Waals surface area contributed by atoms with Crippen LogP contribution in [0.5, 0.6) is 0 Å². The van der Waals surface area contributed by atoms with E-state index < -0.39 is 8.32 Å². The Kier molecular flexibility index (Phi) is 8.34. The standard InChI is InChI=1S/C35H41N3OSi/c1-35(2,3)40(4,5)39-26-28-21-32-33(38(25-28)24-27-15-9-6-10-16-27)22-31(23-36-32)37-34(29-17-11-7-12-18-29)30-19-13-8-14-20-30/h6-20,22-23,28H,21,24-26H2,1-5H3. The van der Waals surface area contributed by atoms with Crippen LogP contribution >= 0.6 is 0 Å². The van der Waals surface area contributed by atoms with Crippen LogP contribution in [0.4, 0.5) is 11.4 Å². The van der Waals surface area contributed by atoms with E-state index in [1.165, 1.54) is 11.3 Å². The molecule has 40 heavy (non-hydrogen) atoms. The first-order valence-electron chi connectivity index (χ1n) is 14.3. The van der Waals surface area contributed by atoms with Crippen LogP contribution in [0.25, 0.3) is 0 Å². The SMILES string of the molecule is CC(C)(C)[Si](C)(C)OCC1Cc2ncc(N=C(c3ccccc3)c3ccccc3)cc2N(Cc2ccccc2)C1. The van der Waals surface area contributed by atoms with Crippen molar-refractivity contribution in [1.82, 2.24) is 4.98 Å². The van der Waals surface area contributed by atoms with Gasteiger partial charge in [-0.3, -0.25) is 4.98 Å². The van der Waals surface area contributed by atoms with Gasteiger partial charge in [0.1, 0.15) is 0 Å². The van der Waals surface area contributed by atoms with E-state index in [1.54, 1.807) is 0 Å². The summed E-state index contributed by atoms with van der Waals surface area (Å²) in [5.74, 6) is 0.399. The first-order valence-corrected chi connectivity index (χ1v) is 17.2. The second kappa shape index (κ2) is 11.9. The van der Waals surface area contributed by atoms with Crippen LogP contribution in [-0.4, -0.2) is 32.2 Å². The van der Waals surface area contributed by atoms with Crippen LogP contribution < -0.4 is 4.90 Å². The van der Waals surface area contributed by atoms with Gasteiger partial charge in [0.05, 0.1) is 29.0 Å². The lowest BCUT2D eigenvalue weighted by atomic mass is 9.96. The highest BCUT2D eigenvalue weighted by molar-refractivity contribution is 6.74. The van der Waals surface area contributed by atoms with Crippen LogP contribution in [-0.2, 0) is 17.4 Å². The number of benzene rings is 3. The van der Waals surface area contributed by atoms with Gasteiger partial charge >= 0.3 is 0 Å². The summed E-state index contributed by atoms with van der Waals surface area (Å²) in [5, 5.41) is 0.198. The van der Waals surface area contributed by atoms with Crippen molar-refractivity contribution in [2.45, 2.75) is 51.9 Å². The number of anilines is 1. The fourth-order valence-corrected chi connectivity index (χ4v) is 6.02. The lowest BCUT2D eigenvalue weighted by Gasteiger charge is -2.40. The molecule has 0 amide bonds. The summed E-state index contributed by atoms with van der Waals surface area (Å²) in [6.07, 6.45) is 2.85. The van der Waals surface area contributed by atoms with Crippen molar-refractivity contribution in [3.05, 3.63) is 126 Å². The van der Waals surface area contributed by atoms with E-state index in [0.29, 0.717) is 5.92 Å². The van der Waals surface area contributed by atoms with Gasteiger partial charge in [-0.15, -0.1) is 0 Å². The normalized spacial score (nSPS) is 15.4. The number of aliphatic imine (C=N–C) groups is 1. The van der Waals surface area contributed by atoms with Gasteiger partial charge in [-0.25, -0.2) is 4.99 Å². The summed E-state index contributed by atoms with van der Waals surface area (Å²) < 4.78 is 6.68. The highest BCUT2D eigenvalue weighted by Crippen LogP contribution is 2.38. The third-order valence-electron chi connectivity index (χ3n) is 8.27. The summed E-state index contributed by atoms with van der Waals surface area (Å²) in [4.78, 5) is 12.7. The quantitative estimate of drug-likeness (QED) is 0.164. The summed E-state index contributed by atoms with van der Waals surface area (Å²) in [6, 6.07) is 33.7. The Bertz CT molecular complexity index is 1390. The molecule has 1 atom stereocenters. The average Bonchev–Trinajstić information content (AvgIpc) is 2.96. The molecule has 3 aromatic carbocycles. The maximum atomic E-state index is 6.68. The Hall–Kier alpha value is -3.54. The molecule has 5 heteroatoms. The van der Waals surface area contributed by atoms with Crippen LogP contribution in [0.3, 0.4) is 0 Å². The minimum atomic E-state index is -1.83. The minimum absolute atomic E-state index is 0.198. The molecular formula is C35H41N3OSi. The van der Waals surface area contributed by atoms with Gasteiger partial charge in [-0.2, -0.15) is 0 Å². The fraction of sp³-hybridized carbons (Fsp3) is 0.314. The van der Waals surface area contributed by atoms with Crippen molar-refractivity contribution in [2.75, 3.05) is 18.1 Å². The van der Waals surface area contributed by atoms with Crippen molar-refractivity contribution in [1.29, 1.82) is 0 Å². The molecule has 4 aromatic rings. The molecule has 1 aliphatic rings. The molecule has 4 nitrogen and oxygen atoms in total. The number of rotatable bonds is 8. The molecule has 0 N–H and O–H groups in total. The lowest BCUT2D eigenvalue weighted by Crippen LogP contribution is -2.44. The second-order valence-corrected chi connectivity index (χ2v) is 17.2. The van der Waals surface area contributed by atoms with Gasteiger partial charge in [-0.1, -0.05) is 112 Å². The zero-order valence-electron chi connectivity index (χ0n) is 24.5. The Morgan fingerprint density at radius 2 is 1.48 bits per heavy atom. The smallest absolute Gasteiger partial charge is 0.191 e. The van der Waals surface area contributed by atoms with Gasteiger partial charge < -0.3 is 9.33 Å². The van der Waals surface area contributed by atoms with Crippen LogP contribution in [0.1, 0.15) is 43.2 Å². The van der Waals surface area contributed by atoms with Crippen molar-refractivity contribution < 1.29 is 4.43 Å². The minimum Gasteiger partial charge on any atom is -0.416 e. The predicted octanol–water partition coefficient (Wildman–Crippen LogP) is 8.45. The number of aromatic nitrogens is 1. The number of hydrogen-bond acceptors (Lipinski definition) is 4. The zero-order valence-corrected chi connectivity index (χ0v) is 25.5. The summed E-state index contributed by atoms with van der Waals surface area (Å²) in [5.41, 5.74) is 7.61. The molecule has 0 spiro atoms. The molecular weight excluding hydrogens is 506 g/mol. The first-order chi connectivity index (χ1) is 19.2. The number of nitrogens with zero attached hydrogens (tertiary/aromatic N) is 3. The molecule has 0 saturated heterocycles. The summed E-state index contributed by atoms with van der Waals surface area (Å²) >= 11 is 0. The van der Waals surface area contributed by atoms with Crippen LogP contribution in [0.15, 0.2) is 108 Å². The van der Waals surface area contributed by atoms with Crippen molar-refractivity contribution in [3.8, 4) is 0 Å². The van der Waals surface area contributed by atoms with Crippen LogP contribution in [0, 0.1) is 5.92 Å². The molecule has 206 valence electrons. The number of pyridine rings is 1. The molecule has 0 saturated carbocycles. The van der Waals surface area contributed by atoms with Gasteiger partial charge in [-0.05, 0) is 36.2 Å². The van der Waals surface area contributed by atoms with E-state index in [0.717, 1.165) is 54.3 Å². The highest BCUT2D eigenvalue weighted by Gasteiger charge is 2.38. The molecule has 1 aromatic heterocycles. The predicted molar refractivity (Wildman–Crippen MR) is 170 cm³/mol. The molecule has 2 heterocycles. The Morgan fingerprint density at radius 1 is 0.900 bits per heavy atom.